The van der Waals surface area contributed by atoms with Gasteiger partial charge in [0.2, 0.25) is 6.79 Å². The molecule has 2 aromatic carbocycles. The number of carbonyl (C=O) groups is 1. The Bertz CT molecular complexity index is 1010. The van der Waals surface area contributed by atoms with E-state index in [-0.39, 0.29) is 12.7 Å². The van der Waals surface area contributed by atoms with Crippen LogP contribution in [0.4, 0.5) is 0 Å². The van der Waals surface area contributed by atoms with Gasteiger partial charge in [-0.3, -0.25) is 9.36 Å². The summed E-state index contributed by atoms with van der Waals surface area (Å²) >= 11 is 3.42. The summed E-state index contributed by atoms with van der Waals surface area (Å²) < 4.78 is 13.8. The summed E-state index contributed by atoms with van der Waals surface area (Å²) in [5.74, 6) is 1.42. The zero-order valence-electron chi connectivity index (χ0n) is 13.3. The largest absolute Gasteiger partial charge is 0.454 e. The van der Waals surface area contributed by atoms with Gasteiger partial charge in [0, 0.05) is 46.7 Å². The maximum Gasteiger partial charge on any atom is 0.262 e. The minimum absolute atomic E-state index is 0.0143. The molecule has 2 aliphatic heterocycles. The maximum atomic E-state index is 13.3. The van der Waals surface area contributed by atoms with Crippen LogP contribution in [-0.2, 0) is 13.0 Å². The standard InChI is InChI=1S/C19H15BrN2O3/c20-12-3-1-11(2-4-12)19(23)22-15-5-6-21-9-14(15)13-7-17-18(8-16(13)22)25-10-24-17/h1-4,7-8,21H,5-6,9-10H2. The SMILES string of the molecule is O=C(c1ccc(Br)cc1)n1c2c(c3cc4c(cc31)OCO4)CNCC2. The molecule has 3 aromatic rings. The molecule has 25 heavy (non-hydrogen) atoms. The highest BCUT2D eigenvalue weighted by molar-refractivity contribution is 9.10. The molecule has 0 saturated heterocycles. The van der Waals surface area contributed by atoms with Crippen molar-refractivity contribution in [3.63, 3.8) is 0 Å². The molecule has 1 N–H and O–H groups in total. The number of nitrogens with zero attached hydrogens (tertiary/aromatic N) is 1. The summed E-state index contributed by atoms with van der Waals surface area (Å²) in [7, 11) is 0. The number of carbonyl (C=O) groups excluding carboxylic acids is 1. The molecule has 0 unspecified atom stereocenters. The number of ether oxygens (including phenoxy) is 2. The fourth-order valence-corrected chi connectivity index (χ4v) is 3.89. The molecule has 0 saturated carbocycles. The second-order valence-corrected chi connectivity index (χ2v) is 7.14. The van der Waals surface area contributed by atoms with Crippen LogP contribution < -0.4 is 14.8 Å². The van der Waals surface area contributed by atoms with E-state index in [0.29, 0.717) is 11.3 Å². The van der Waals surface area contributed by atoms with E-state index in [1.165, 1.54) is 5.56 Å². The summed E-state index contributed by atoms with van der Waals surface area (Å²) in [6, 6.07) is 11.4. The molecule has 2 aliphatic rings. The van der Waals surface area contributed by atoms with Gasteiger partial charge in [-0.1, -0.05) is 15.9 Å². The summed E-state index contributed by atoms with van der Waals surface area (Å²) in [5, 5.41) is 4.45. The van der Waals surface area contributed by atoms with E-state index in [0.717, 1.165) is 46.3 Å². The molecular formula is C19H15BrN2O3. The molecule has 0 bridgehead atoms. The average Bonchev–Trinajstić information content (AvgIpc) is 3.21. The Labute approximate surface area is 152 Å². The molecule has 0 amide bonds. The van der Waals surface area contributed by atoms with Gasteiger partial charge in [-0.25, -0.2) is 0 Å². The predicted octanol–water partition coefficient (Wildman–Crippen LogP) is 3.47. The second-order valence-electron chi connectivity index (χ2n) is 6.22. The number of benzene rings is 2. The number of hydrogen-bond acceptors (Lipinski definition) is 4. The van der Waals surface area contributed by atoms with E-state index in [1.54, 1.807) is 0 Å². The van der Waals surface area contributed by atoms with Crippen LogP contribution in [0.25, 0.3) is 10.9 Å². The fourth-order valence-electron chi connectivity index (χ4n) is 3.63. The van der Waals surface area contributed by atoms with Crippen molar-refractivity contribution in [1.82, 2.24) is 9.88 Å². The lowest BCUT2D eigenvalue weighted by Crippen LogP contribution is -2.26. The highest BCUT2D eigenvalue weighted by Gasteiger charge is 2.27. The lowest BCUT2D eigenvalue weighted by molar-refractivity contribution is 0.0961. The Hall–Kier alpha value is -2.31. The lowest BCUT2D eigenvalue weighted by Gasteiger charge is -2.16. The van der Waals surface area contributed by atoms with Crippen molar-refractivity contribution in [3.05, 3.63) is 57.7 Å². The molecule has 5 nitrogen and oxygen atoms in total. The molecule has 5 rings (SSSR count). The van der Waals surface area contributed by atoms with Gasteiger partial charge in [0.05, 0.1) is 5.52 Å². The summed E-state index contributed by atoms with van der Waals surface area (Å²) in [6.07, 6.45) is 0.818. The van der Waals surface area contributed by atoms with Crippen LogP contribution in [0.3, 0.4) is 0 Å². The third-order valence-corrected chi connectivity index (χ3v) is 5.34. The summed E-state index contributed by atoms with van der Waals surface area (Å²) in [5.41, 5.74) is 3.79. The third-order valence-electron chi connectivity index (χ3n) is 4.81. The lowest BCUT2D eigenvalue weighted by atomic mass is 10.1. The molecule has 3 heterocycles. The molecule has 0 fully saturated rings. The average molecular weight is 399 g/mol. The van der Waals surface area contributed by atoms with Gasteiger partial charge in [0.15, 0.2) is 11.5 Å². The van der Waals surface area contributed by atoms with Crippen molar-refractivity contribution in [3.8, 4) is 11.5 Å². The molecule has 6 heteroatoms. The van der Waals surface area contributed by atoms with Crippen LogP contribution in [0.15, 0.2) is 40.9 Å². The van der Waals surface area contributed by atoms with E-state index < -0.39 is 0 Å². The van der Waals surface area contributed by atoms with Gasteiger partial charge in [-0.2, -0.15) is 0 Å². The Morgan fingerprint density at radius 2 is 1.88 bits per heavy atom. The number of aromatic nitrogens is 1. The first-order chi connectivity index (χ1) is 12.2. The van der Waals surface area contributed by atoms with Gasteiger partial charge in [-0.15, -0.1) is 0 Å². The van der Waals surface area contributed by atoms with E-state index in [4.69, 9.17) is 9.47 Å². The number of rotatable bonds is 1. The van der Waals surface area contributed by atoms with E-state index in [1.807, 2.05) is 41.0 Å². The van der Waals surface area contributed by atoms with E-state index in [2.05, 4.69) is 21.2 Å². The smallest absolute Gasteiger partial charge is 0.262 e. The van der Waals surface area contributed by atoms with Crippen LogP contribution in [0.2, 0.25) is 0 Å². The maximum absolute atomic E-state index is 13.3. The molecule has 126 valence electrons. The summed E-state index contributed by atoms with van der Waals surface area (Å²) in [6.45, 7) is 1.85. The van der Waals surface area contributed by atoms with Gasteiger partial charge >= 0.3 is 0 Å². The normalized spacial score (nSPS) is 15.4. The predicted molar refractivity (Wildman–Crippen MR) is 97.3 cm³/mol. The van der Waals surface area contributed by atoms with Crippen molar-refractivity contribution < 1.29 is 14.3 Å². The van der Waals surface area contributed by atoms with Gasteiger partial charge in [0.25, 0.3) is 5.91 Å². The summed E-state index contributed by atoms with van der Waals surface area (Å²) in [4.78, 5) is 13.3. The Morgan fingerprint density at radius 1 is 1.12 bits per heavy atom. The minimum Gasteiger partial charge on any atom is -0.454 e. The monoisotopic (exact) mass is 398 g/mol. The topological polar surface area (TPSA) is 52.5 Å². The van der Waals surface area contributed by atoms with E-state index >= 15 is 0 Å². The second kappa shape index (κ2) is 5.61. The van der Waals surface area contributed by atoms with Crippen molar-refractivity contribution >= 4 is 32.7 Å². The van der Waals surface area contributed by atoms with Crippen molar-refractivity contribution in [2.45, 2.75) is 13.0 Å². The zero-order valence-corrected chi connectivity index (χ0v) is 14.9. The molecule has 0 spiro atoms. The van der Waals surface area contributed by atoms with Gasteiger partial charge in [-0.05, 0) is 35.9 Å². The van der Waals surface area contributed by atoms with Crippen molar-refractivity contribution in [2.75, 3.05) is 13.3 Å². The molecule has 1 aromatic heterocycles. The van der Waals surface area contributed by atoms with Crippen LogP contribution >= 0.6 is 15.9 Å². The molecule has 0 radical (unpaired) electrons. The van der Waals surface area contributed by atoms with Crippen molar-refractivity contribution in [1.29, 1.82) is 0 Å². The Balaban J connectivity index is 1.76. The molecule has 0 aliphatic carbocycles. The molecule has 0 atom stereocenters. The zero-order chi connectivity index (χ0) is 17.0. The van der Waals surface area contributed by atoms with Crippen LogP contribution in [0, 0.1) is 0 Å². The number of fused-ring (bicyclic) bond motifs is 4. The van der Waals surface area contributed by atoms with Crippen LogP contribution in [0.1, 0.15) is 21.6 Å². The highest BCUT2D eigenvalue weighted by atomic mass is 79.9. The first kappa shape index (κ1) is 15.0. The van der Waals surface area contributed by atoms with Gasteiger partial charge in [0.1, 0.15) is 0 Å². The quantitative estimate of drug-likeness (QED) is 0.681. The first-order valence-electron chi connectivity index (χ1n) is 8.19. The third kappa shape index (κ3) is 2.28. The van der Waals surface area contributed by atoms with E-state index in [9.17, 15) is 4.79 Å². The Morgan fingerprint density at radius 3 is 2.68 bits per heavy atom. The van der Waals surface area contributed by atoms with Crippen LogP contribution in [-0.4, -0.2) is 23.8 Å². The van der Waals surface area contributed by atoms with Crippen molar-refractivity contribution in [2.24, 2.45) is 0 Å². The number of halogens is 1. The Kier molecular flexibility index (Phi) is 3.36. The fraction of sp³-hybridized carbons (Fsp3) is 0.211. The number of hydrogen-bond donors (Lipinski definition) is 1. The first-order valence-corrected chi connectivity index (χ1v) is 8.98. The molecular weight excluding hydrogens is 384 g/mol. The van der Waals surface area contributed by atoms with Crippen LogP contribution in [0.5, 0.6) is 11.5 Å². The number of nitrogens with one attached hydrogen (secondary N) is 1. The van der Waals surface area contributed by atoms with Gasteiger partial charge < -0.3 is 14.8 Å². The highest BCUT2D eigenvalue weighted by Crippen LogP contribution is 2.40. The minimum atomic E-state index is -0.0143.